The van der Waals surface area contributed by atoms with Gasteiger partial charge in [0.05, 0.1) is 6.20 Å². The van der Waals surface area contributed by atoms with Crippen molar-refractivity contribution in [1.29, 1.82) is 0 Å². The Labute approximate surface area is 71.5 Å². The largest absolute Gasteiger partial charge is 0.383 e. The van der Waals surface area contributed by atoms with E-state index in [2.05, 4.69) is 16.9 Å². The summed E-state index contributed by atoms with van der Waals surface area (Å²) in [4.78, 5) is 0. The predicted molar refractivity (Wildman–Crippen MR) is 45.6 cm³/mol. The van der Waals surface area contributed by atoms with E-state index in [1.165, 1.54) is 6.08 Å². The maximum atomic E-state index is 9.29. The van der Waals surface area contributed by atoms with Gasteiger partial charge in [0, 0.05) is 6.04 Å². The highest BCUT2D eigenvalue weighted by Gasteiger charge is 2.08. The molecule has 0 saturated heterocycles. The van der Waals surface area contributed by atoms with E-state index < -0.39 is 6.10 Å². The van der Waals surface area contributed by atoms with Gasteiger partial charge in [-0.15, -0.1) is 11.7 Å². The smallest absolute Gasteiger partial charge is 0.117 e. The molecule has 0 aliphatic carbocycles. The van der Waals surface area contributed by atoms with Gasteiger partial charge in [0.2, 0.25) is 0 Å². The van der Waals surface area contributed by atoms with Gasteiger partial charge < -0.3 is 5.11 Å². The summed E-state index contributed by atoms with van der Waals surface area (Å²) in [5.74, 6) is 0. The highest BCUT2D eigenvalue weighted by molar-refractivity contribution is 5.04. The zero-order chi connectivity index (χ0) is 9.14. The lowest BCUT2D eigenvalue weighted by atomic mass is 10.3. The zero-order valence-electron chi connectivity index (χ0n) is 7.31. The Hall–Kier alpha value is -1.16. The standard InChI is InChI=1S/C8H13N3O/c1-4-8(12)7-5-11(6(2)3)10-9-7/h4-6,8,12H,1H2,2-3H3. The lowest BCUT2D eigenvalue weighted by molar-refractivity contribution is 0.224. The van der Waals surface area contributed by atoms with Crippen LogP contribution in [0.4, 0.5) is 0 Å². The summed E-state index contributed by atoms with van der Waals surface area (Å²) < 4.78 is 1.70. The topological polar surface area (TPSA) is 50.9 Å². The molecule has 0 saturated carbocycles. The van der Waals surface area contributed by atoms with Crippen molar-refractivity contribution in [3.05, 3.63) is 24.5 Å². The Morgan fingerprint density at radius 3 is 2.75 bits per heavy atom. The Bertz CT molecular complexity index is 267. The Morgan fingerprint density at radius 2 is 2.33 bits per heavy atom. The average molecular weight is 167 g/mol. The van der Waals surface area contributed by atoms with Crippen LogP contribution in [0.15, 0.2) is 18.9 Å². The molecular weight excluding hydrogens is 154 g/mol. The molecule has 1 atom stereocenters. The fourth-order valence-electron chi connectivity index (χ4n) is 0.799. The molecule has 0 aliphatic rings. The first-order valence-electron chi connectivity index (χ1n) is 3.87. The van der Waals surface area contributed by atoms with Crippen molar-refractivity contribution in [3.63, 3.8) is 0 Å². The number of rotatable bonds is 3. The van der Waals surface area contributed by atoms with Crippen molar-refractivity contribution >= 4 is 0 Å². The summed E-state index contributed by atoms with van der Waals surface area (Å²) in [6.07, 6.45) is 2.43. The quantitative estimate of drug-likeness (QED) is 0.685. The average Bonchev–Trinajstić information content (AvgIpc) is 2.51. The Morgan fingerprint density at radius 1 is 1.67 bits per heavy atom. The SMILES string of the molecule is C=CC(O)c1cn(C(C)C)nn1. The van der Waals surface area contributed by atoms with Gasteiger partial charge in [0.1, 0.15) is 11.8 Å². The van der Waals surface area contributed by atoms with Gasteiger partial charge >= 0.3 is 0 Å². The number of hydrogen-bond acceptors (Lipinski definition) is 3. The second kappa shape index (κ2) is 3.49. The van der Waals surface area contributed by atoms with Crippen LogP contribution in [0.5, 0.6) is 0 Å². The molecule has 1 rings (SSSR count). The van der Waals surface area contributed by atoms with Crippen LogP contribution in [0, 0.1) is 0 Å². The minimum atomic E-state index is -0.711. The van der Waals surface area contributed by atoms with Gasteiger partial charge in [-0.3, -0.25) is 0 Å². The second-order valence-corrected chi connectivity index (χ2v) is 2.90. The summed E-state index contributed by atoms with van der Waals surface area (Å²) in [7, 11) is 0. The highest BCUT2D eigenvalue weighted by Crippen LogP contribution is 2.11. The fraction of sp³-hybridized carbons (Fsp3) is 0.500. The van der Waals surface area contributed by atoms with Crippen molar-refractivity contribution in [1.82, 2.24) is 15.0 Å². The molecule has 0 spiro atoms. The van der Waals surface area contributed by atoms with E-state index in [4.69, 9.17) is 0 Å². The normalized spacial score (nSPS) is 13.3. The third-order valence-corrected chi connectivity index (χ3v) is 1.58. The van der Waals surface area contributed by atoms with E-state index in [9.17, 15) is 5.11 Å². The number of nitrogens with zero attached hydrogens (tertiary/aromatic N) is 3. The third kappa shape index (κ3) is 1.71. The monoisotopic (exact) mass is 167 g/mol. The lowest BCUT2D eigenvalue weighted by Gasteiger charge is -2.01. The molecule has 1 heterocycles. The van der Waals surface area contributed by atoms with Crippen LogP contribution in [0.25, 0.3) is 0 Å². The van der Waals surface area contributed by atoms with Crippen molar-refractivity contribution in [2.24, 2.45) is 0 Å². The fourth-order valence-corrected chi connectivity index (χ4v) is 0.799. The number of aromatic nitrogens is 3. The molecule has 0 fully saturated rings. The predicted octanol–water partition coefficient (Wildman–Crippen LogP) is 1.08. The molecule has 66 valence electrons. The lowest BCUT2D eigenvalue weighted by Crippen LogP contribution is -2.00. The first-order chi connectivity index (χ1) is 5.65. The van der Waals surface area contributed by atoms with E-state index in [-0.39, 0.29) is 6.04 Å². The van der Waals surface area contributed by atoms with Crippen LogP contribution in [-0.2, 0) is 0 Å². The molecule has 12 heavy (non-hydrogen) atoms. The van der Waals surface area contributed by atoms with Gasteiger partial charge in [0.25, 0.3) is 0 Å². The molecule has 1 N–H and O–H groups in total. The minimum Gasteiger partial charge on any atom is -0.383 e. The van der Waals surface area contributed by atoms with Crippen LogP contribution < -0.4 is 0 Å². The summed E-state index contributed by atoms with van der Waals surface area (Å²) in [5.41, 5.74) is 0.540. The molecule has 1 aromatic heterocycles. The first-order valence-corrected chi connectivity index (χ1v) is 3.87. The maximum absolute atomic E-state index is 9.29. The third-order valence-electron chi connectivity index (χ3n) is 1.58. The molecule has 0 amide bonds. The molecule has 1 unspecified atom stereocenters. The summed E-state index contributed by atoms with van der Waals surface area (Å²) in [6.45, 7) is 7.46. The van der Waals surface area contributed by atoms with Crippen LogP contribution in [-0.4, -0.2) is 20.1 Å². The molecule has 0 bridgehead atoms. The van der Waals surface area contributed by atoms with Crippen molar-refractivity contribution < 1.29 is 5.11 Å². The molecule has 0 aromatic carbocycles. The number of aliphatic hydroxyl groups is 1. The van der Waals surface area contributed by atoms with E-state index in [0.29, 0.717) is 5.69 Å². The van der Waals surface area contributed by atoms with Crippen LogP contribution in [0.3, 0.4) is 0 Å². The van der Waals surface area contributed by atoms with Crippen molar-refractivity contribution in [3.8, 4) is 0 Å². The van der Waals surface area contributed by atoms with E-state index in [1.54, 1.807) is 10.9 Å². The Balaban J connectivity index is 2.83. The number of hydrogen-bond donors (Lipinski definition) is 1. The number of aliphatic hydroxyl groups excluding tert-OH is 1. The molecule has 4 heteroatoms. The van der Waals surface area contributed by atoms with Gasteiger partial charge in [-0.05, 0) is 13.8 Å². The second-order valence-electron chi connectivity index (χ2n) is 2.90. The van der Waals surface area contributed by atoms with E-state index in [1.807, 2.05) is 13.8 Å². The van der Waals surface area contributed by atoms with E-state index in [0.717, 1.165) is 0 Å². The summed E-state index contributed by atoms with van der Waals surface area (Å²) in [6, 6.07) is 0.267. The van der Waals surface area contributed by atoms with Crippen molar-refractivity contribution in [2.75, 3.05) is 0 Å². The van der Waals surface area contributed by atoms with Crippen LogP contribution in [0.2, 0.25) is 0 Å². The molecular formula is C8H13N3O. The maximum Gasteiger partial charge on any atom is 0.117 e. The van der Waals surface area contributed by atoms with E-state index >= 15 is 0 Å². The molecule has 1 aromatic rings. The van der Waals surface area contributed by atoms with Crippen molar-refractivity contribution in [2.45, 2.75) is 26.0 Å². The van der Waals surface area contributed by atoms with Gasteiger partial charge in [-0.1, -0.05) is 11.3 Å². The molecule has 0 radical (unpaired) electrons. The van der Waals surface area contributed by atoms with Gasteiger partial charge in [-0.25, -0.2) is 4.68 Å². The summed E-state index contributed by atoms with van der Waals surface area (Å²) in [5, 5.41) is 16.9. The molecule has 4 nitrogen and oxygen atoms in total. The minimum absolute atomic E-state index is 0.267. The molecule has 0 aliphatic heterocycles. The van der Waals surface area contributed by atoms with Crippen LogP contribution >= 0.6 is 0 Å². The zero-order valence-corrected chi connectivity index (χ0v) is 7.31. The summed E-state index contributed by atoms with van der Waals surface area (Å²) >= 11 is 0. The van der Waals surface area contributed by atoms with Gasteiger partial charge in [-0.2, -0.15) is 0 Å². The van der Waals surface area contributed by atoms with Gasteiger partial charge in [0.15, 0.2) is 0 Å². The highest BCUT2D eigenvalue weighted by atomic mass is 16.3. The van der Waals surface area contributed by atoms with Crippen LogP contribution in [0.1, 0.15) is 31.7 Å². The first kappa shape index (κ1) is 8.93. The Kier molecular flexibility index (Phi) is 2.60.